The van der Waals surface area contributed by atoms with Crippen molar-refractivity contribution in [1.29, 1.82) is 0 Å². The molecular formula is C17H29N3O. The summed E-state index contributed by atoms with van der Waals surface area (Å²) in [5.41, 5.74) is 6.83. The van der Waals surface area contributed by atoms with Crippen LogP contribution in [0.15, 0.2) is 30.3 Å². The average molecular weight is 291 g/mol. The molecule has 0 aliphatic carbocycles. The van der Waals surface area contributed by atoms with Gasteiger partial charge in [0.1, 0.15) is 0 Å². The van der Waals surface area contributed by atoms with Gasteiger partial charge in [-0.25, -0.2) is 0 Å². The molecule has 0 radical (unpaired) electrons. The van der Waals surface area contributed by atoms with Gasteiger partial charge in [-0.2, -0.15) is 0 Å². The summed E-state index contributed by atoms with van der Waals surface area (Å²) in [5, 5.41) is 9.73. The number of hydrogen-bond acceptors (Lipinski definition) is 4. The van der Waals surface area contributed by atoms with Gasteiger partial charge in [0.05, 0.1) is 12.1 Å². The number of aliphatic hydroxyl groups is 1. The Labute approximate surface area is 128 Å². The molecule has 3 N–H and O–H groups in total. The summed E-state index contributed by atoms with van der Waals surface area (Å²) < 4.78 is 0. The SMILES string of the molecule is CCCN1CCN(CCC(N)(CO)c2ccccc2)CC1. The second kappa shape index (κ2) is 7.90. The minimum absolute atomic E-state index is 0.00713. The van der Waals surface area contributed by atoms with Gasteiger partial charge in [-0.3, -0.25) is 0 Å². The number of piperazine rings is 1. The molecule has 1 saturated heterocycles. The lowest BCUT2D eigenvalue weighted by atomic mass is 9.88. The zero-order chi connectivity index (χ0) is 15.1. The third kappa shape index (κ3) is 4.51. The summed E-state index contributed by atoms with van der Waals surface area (Å²) in [4.78, 5) is 4.99. The van der Waals surface area contributed by atoms with Crippen molar-refractivity contribution < 1.29 is 5.11 Å². The number of benzene rings is 1. The normalized spacial score (nSPS) is 20.3. The molecule has 4 nitrogen and oxygen atoms in total. The van der Waals surface area contributed by atoms with E-state index in [2.05, 4.69) is 16.7 Å². The quantitative estimate of drug-likeness (QED) is 0.794. The van der Waals surface area contributed by atoms with Crippen molar-refractivity contribution in [1.82, 2.24) is 9.80 Å². The van der Waals surface area contributed by atoms with E-state index in [1.54, 1.807) is 0 Å². The first-order valence-corrected chi connectivity index (χ1v) is 8.08. The number of rotatable bonds is 7. The van der Waals surface area contributed by atoms with Gasteiger partial charge in [-0.15, -0.1) is 0 Å². The van der Waals surface area contributed by atoms with Gasteiger partial charge in [0.25, 0.3) is 0 Å². The number of nitrogens with two attached hydrogens (primary N) is 1. The van der Waals surface area contributed by atoms with Crippen molar-refractivity contribution in [3.63, 3.8) is 0 Å². The monoisotopic (exact) mass is 291 g/mol. The van der Waals surface area contributed by atoms with Crippen LogP contribution in [0, 0.1) is 0 Å². The molecule has 4 heteroatoms. The number of aliphatic hydroxyl groups excluding tert-OH is 1. The molecule has 118 valence electrons. The van der Waals surface area contributed by atoms with E-state index in [1.165, 1.54) is 13.0 Å². The molecule has 1 atom stereocenters. The highest BCUT2D eigenvalue weighted by Gasteiger charge is 2.27. The minimum Gasteiger partial charge on any atom is -0.394 e. The van der Waals surface area contributed by atoms with Gasteiger partial charge in [-0.1, -0.05) is 37.3 Å². The summed E-state index contributed by atoms with van der Waals surface area (Å²) in [6.07, 6.45) is 2.02. The molecule has 0 amide bonds. The van der Waals surface area contributed by atoms with Gasteiger partial charge in [0.2, 0.25) is 0 Å². The van der Waals surface area contributed by atoms with E-state index >= 15 is 0 Å². The topological polar surface area (TPSA) is 52.7 Å². The molecule has 2 rings (SSSR count). The first-order valence-electron chi connectivity index (χ1n) is 8.08. The van der Waals surface area contributed by atoms with Crippen LogP contribution in [0.3, 0.4) is 0 Å². The maximum atomic E-state index is 9.73. The van der Waals surface area contributed by atoms with Gasteiger partial charge < -0.3 is 20.6 Å². The molecule has 1 aromatic carbocycles. The molecule has 1 aliphatic rings. The molecule has 1 aromatic rings. The zero-order valence-electron chi connectivity index (χ0n) is 13.2. The van der Waals surface area contributed by atoms with E-state index < -0.39 is 5.54 Å². The van der Waals surface area contributed by atoms with E-state index in [-0.39, 0.29) is 6.61 Å². The van der Waals surface area contributed by atoms with Crippen molar-refractivity contribution in [3.05, 3.63) is 35.9 Å². The fourth-order valence-corrected chi connectivity index (χ4v) is 3.00. The smallest absolute Gasteiger partial charge is 0.0656 e. The summed E-state index contributed by atoms with van der Waals surface area (Å²) in [7, 11) is 0. The largest absolute Gasteiger partial charge is 0.394 e. The summed E-state index contributed by atoms with van der Waals surface area (Å²) in [6, 6.07) is 9.96. The lowest BCUT2D eigenvalue weighted by molar-refractivity contribution is 0.112. The summed E-state index contributed by atoms with van der Waals surface area (Å²) in [6.45, 7) is 8.89. The van der Waals surface area contributed by atoms with Crippen molar-refractivity contribution in [2.45, 2.75) is 25.3 Å². The molecular weight excluding hydrogens is 262 g/mol. The maximum Gasteiger partial charge on any atom is 0.0656 e. The van der Waals surface area contributed by atoms with Gasteiger partial charge >= 0.3 is 0 Å². The van der Waals surface area contributed by atoms with E-state index in [9.17, 15) is 5.11 Å². The Balaban J connectivity index is 1.84. The lowest BCUT2D eigenvalue weighted by Gasteiger charge is -2.37. The minimum atomic E-state index is -0.623. The van der Waals surface area contributed by atoms with Crippen LogP contribution in [0.1, 0.15) is 25.3 Å². The van der Waals surface area contributed by atoms with E-state index in [0.717, 1.165) is 44.7 Å². The molecule has 0 spiro atoms. The second-order valence-electron chi connectivity index (χ2n) is 6.11. The van der Waals surface area contributed by atoms with Crippen LogP contribution in [0.25, 0.3) is 0 Å². The van der Waals surface area contributed by atoms with Gasteiger partial charge in [-0.05, 0) is 24.9 Å². The van der Waals surface area contributed by atoms with Crippen LogP contribution in [0.5, 0.6) is 0 Å². The Bertz CT molecular complexity index is 404. The molecule has 0 aromatic heterocycles. The Morgan fingerprint density at radius 1 is 1.05 bits per heavy atom. The fourth-order valence-electron chi connectivity index (χ4n) is 3.00. The second-order valence-corrected chi connectivity index (χ2v) is 6.11. The molecule has 1 fully saturated rings. The molecule has 0 saturated carbocycles. The van der Waals surface area contributed by atoms with Crippen molar-refractivity contribution in [2.75, 3.05) is 45.9 Å². The maximum absolute atomic E-state index is 9.73. The first kappa shape index (κ1) is 16.4. The predicted octanol–water partition coefficient (Wildman–Crippen LogP) is 1.25. The van der Waals surface area contributed by atoms with Gasteiger partial charge in [0, 0.05) is 32.7 Å². The van der Waals surface area contributed by atoms with Gasteiger partial charge in [0.15, 0.2) is 0 Å². The zero-order valence-corrected chi connectivity index (χ0v) is 13.2. The highest BCUT2D eigenvalue weighted by Crippen LogP contribution is 2.22. The summed E-state index contributed by atoms with van der Waals surface area (Å²) in [5.74, 6) is 0. The van der Waals surface area contributed by atoms with Crippen LogP contribution in [-0.4, -0.2) is 60.8 Å². The number of hydrogen-bond donors (Lipinski definition) is 2. The van der Waals surface area contributed by atoms with Crippen LogP contribution < -0.4 is 5.73 Å². The summed E-state index contributed by atoms with van der Waals surface area (Å²) >= 11 is 0. The van der Waals surface area contributed by atoms with Crippen LogP contribution in [0.4, 0.5) is 0 Å². The Hall–Kier alpha value is -0.940. The standard InChI is InChI=1S/C17H29N3O/c1-2-9-19-11-13-20(14-12-19)10-8-17(18,15-21)16-6-4-3-5-7-16/h3-7,21H,2,8-15,18H2,1H3. The van der Waals surface area contributed by atoms with Crippen molar-refractivity contribution in [3.8, 4) is 0 Å². The third-order valence-corrected chi connectivity index (χ3v) is 4.51. The Kier molecular flexibility index (Phi) is 6.18. The van der Waals surface area contributed by atoms with Crippen molar-refractivity contribution >= 4 is 0 Å². The predicted molar refractivity (Wildman–Crippen MR) is 87.2 cm³/mol. The average Bonchev–Trinajstić information content (AvgIpc) is 2.55. The number of nitrogens with zero attached hydrogens (tertiary/aromatic N) is 2. The van der Waals surface area contributed by atoms with Crippen LogP contribution >= 0.6 is 0 Å². The molecule has 0 bridgehead atoms. The Morgan fingerprint density at radius 2 is 1.62 bits per heavy atom. The third-order valence-electron chi connectivity index (χ3n) is 4.51. The van der Waals surface area contributed by atoms with Crippen molar-refractivity contribution in [2.24, 2.45) is 5.73 Å². The molecule has 1 heterocycles. The van der Waals surface area contributed by atoms with E-state index in [1.807, 2.05) is 30.3 Å². The van der Waals surface area contributed by atoms with Crippen LogP contribution in [-0.2, 0) is 5.54 Å². The lowest BCUT2D eigenvalue weighted by Crippen LogP contribution is -2.49. The Morgan fingerprint density at radius 3 is 2.14 bits per heavy atom. The first-order chi connectivity index (χ1) is 10.2. The molecule has 1 aliphatic heterocycles. The highest BCUT2D eigenvalue weighted by atomic mass is 16.3. The van der Waals surface area contributed by atoms with Crippen LogP contribution in [0.2, 0.25) is 0 Å². The highest BCUT2D eigenvalue weighted by molar-refractivity contribution is 5.24. The van der Waals surface area contributed by atoms with E-state index in [4.69, 9.17) is 5.73 Å². The fraction of sp³-hybridized carbons (Fsp3) is 0.647. The van der Waals surface area contributed by atoms with E-state index in [0.29, 0.717) is 0 Å². The molecule has 1 unspecified atom stereocenters. The molecule has 21 heavy (non-hydrogen) atoms.